The molecule has 0 aliphatic carbocycles. The van der Waals surface area contributed by atoms with Gasteiger partial charge in [0, 0.05) is 33.6 Å². The fraction of sp³-hybridized carbons (Fsp3) is 0.192. The van der Waals surface area contributed by atoms with Crippen LogP contribution in [0.3, 0.4) is 0 Å². The van der Waals surface area contributed by atoms with Crippen LogP contribution in [0.1, 0.15) is 24.0 Å². The fourth-order valence-electron chi connectivity index (χ4n) is 4.76. The number of ether oxygens (including phenoxy) is 1. The first-order valence-corrected chi connectivity index (χ1v) is 12.7. The van der Waals surface area contributed by atoms with Gasteiger partial charge in [0.15, 0.2) is 5.82 Å². The number of aromatic amines is 1. The standard InChI is InChI=1S/C26H21ClFN9O3/c27-17-3-7-21(36-14-29-34-35-36)20(13-17)16-11-19-6-8-22(37(19)23(38)12-16)25-31-24(32-33-25)15-1-4-18(5-2-15)30-26(39)40-10-9-28/h1-5,7,11-14,22H,6,8-10H2,(H,30,39)(H,31,32,33)/t22-/m0/s1. The Morgan fingerprint density at radius 3 is 2.77 bits per heavy atom. The SMILES string of the molecule is O=C(Nc1ccc(-c2n[nH]c([C@@H]3CCc4cc(-c5cc(Cl)ccc5-n5cnnn5)cc(=O)n43)n2)cc1)OCCF. The van der Waals surface area contributed by atoms with E-state index in [1.165, 1.54) is 11.0 Å². The summed E-state index contributed by atoms with van der Waals surface area (Å²) in [6.45, 7) is -1.05. The van der Waals surface area contributed by atoms with E-state index in [0.29, 0.717) is 52.0 Å². The number of aromatic nitrogens is 8. The van der Waals surface area contributed by atoms with Crippen LogP contribution in [0.4, 0.5) is 14.9 Å². The molecule has 1 aliphatic heterocycles. The molecular weight excluding hydrogens is 541 g/mol. The first-order valence-electron chi connectivity index (χ1n) is 12.3. The van der Waals surface area contributed by atoms with Crippen molar-refractivity contribution in [1.82, 2.24) is 40.0 Å². The number of fused-ring (bicyclic) bond motifs is 1. The number of rotatable bonds is 7. The minimum Gasteiger partial charge on any atom is -0.447 e. The second kappa shape index (κ2) is 10.7. The number of pyridine rings is 1. The number of hydrogen-bond acceptors (Lipinski definition) is 8. The molecule has 0 saturated heterocycles. The number of anilines is 1. The number of benzene rings is 2. The van der Waals surface area contributed by atoms with Gasteiger partial charge in [-0.1, -0.05) is 11.6 Å². The first kappa shape index (κ1) is 25.4. The third kappa shape index (κ3) is 4.94. The predicted molar refractivity (Wildman–Crippen MR) is 143 cm³/mol. The third-order valence-corrected chi connectivity index (χ3v) is 6.75. The molecule has 2 N–H and O–H groups in total. The molecular formula is C26H21ClFN9O3. The Balaban J connectivity index is 1.25. The van der Waals surface area contributed by atoms with Crippen molar-refractivity contribution in [3.63, 3.8) is 0 Å². The summed E-state index contributed by atoms with van der Waals surface area (Å²) < 4.78 is 20.1. The van der Waals surface area contributed by atoms with Gasteiger partial charge in [-0.05, 0) is 77.4 Å². The molecule has 0 radical (unpaired) electrons. The van der Waals surface area contributed by atoms with Gasteiger partial charge in [-0.25, -0.2) is 14.2 Å². The molecule has 0 fully saturated rings. The van der Waals surface area contributed by atoms with Gasteiger partial charge in [0.25, 0.3) is 5.56 Å². The summed E-state index contributed by atoms with van der Waals surface area (Å²) in [5.74, 6) is 1.02. The molecule has 40 heavy (non-hydrogen) atoms. The lowest BCUT2D eigenvalue weighted by Crippen LogP contribution is -2.24. The lowest BCUT2D eigenvalue weighted by Gasteiger charge is -2.14. The van der Waals surface area contributed by atoms with Crippen molar-refractivity contribution in [2.45, 2.75) is 18.9 Å². The lowest BCUT2D eigenvalue weighted by molar-refractivity contribution is 0.152. The number of nitrogens with one attached hydrogen (secondary N) is 2. The number of carbonyl (C=O) groups excluding carboxylic acids is 1. The van der Waals surface area contributed by atoms with Crippen molar-refractivity contribution in [2.75, 3.05) is 18.6 Å². The smallest absolute Gasteiger partial charge is 0.411 e. The van der Waals surface area contributed by atoms with Crippen LogP contribution in [0.2, 0.25) is 5.02 Å². The summed E-state index contributed by atoms with van der Waals surface area (Å²) in [7, 11) is 0. The summed E-state index contributed by atoms with van der Waals surface area (Å²) in [6.07, 6.45) is 2.09. The second-order valence-electron chi connectivity index (χ2n) is 8.99. The highest BCUT2D eigenvalue weighted by molar-refractivity contribution is 6.31. The van der Waals surface area contributed by atoms with Gasteiger partial charge >= 0.3 is 6.09 Å². The largest absolute Gasteiger partial charge is 0.447 e. The summed E-state index contributed by atoms with van der Waals surface area (Å²) in [4.78, 5) is 29.7. The Morgan fingerprint density at radius 1 is 1.15 bits per heavy atom. The zero-order valence-corrected chi connectivity index (χ0v) is 21.5. The minimum absolute atomic E-state index is 0.175. The van der Waals surface area contributed by atoms with E-state index in [4.69, 9.17) is 11.6 Å². The highest BCUT2D eigenvalue weighted by atomic mass is 35.5. The average molecular weight is 562 g/mol. The van der Waals surface area contributed by atoms with E-state index < -0.39 is 12.8 Å². The number of carbonyl (C=O) groups is 1. The Bertz CT molecular complexity index is 1740. The van der Waals surface area contributed by atoms with Crippen molar-refractivity contribution in [1.29, 1.82) is 0 Å². The molecule has 1 aliphatic rings. The third-order valence-electron chi connectivity index (χ3n) is 6.52. The molecule has 1 atom stereocenters. The van der Waals surface area contributed by atoms with Gasteiger partial charge < -0.3 is 9.30 Å². The molecule has 4 heterocycles. The minimum atomic E-state index is -0.747. The predicted octanol–water partition coefficient (Wildman–Crippen LogP) is 3.98. The number of hydrogen-bond donors (Lipinski definition) is 2. The van der Waals surface area contributed by atoms with Gasteiger partial charge in [0.05, 0.1) is 11.7 Å². The first-order chi connectivity index (χ1) is 19.5. The average Bonchev–Trinajstić information content (AvgIpc) is 3.73. The highest BCUT2D eigenvalue weighted by Gasteiger charge is 2.28. The van der Waals surface area contributed by atoms with E-state index in [-0.39, 0.29) is 18.2 Å². The van der Waals surface area contributed by atoms with Crippen molar-refractivity contribution >= 4 is 23.4 Å². The molecule has 14 heteroatoms. The molecule has 2 aromatic carbocycles. The van der Waals surface area contributed by atoms with Gasteiger partial charge in [0.2, 0.25) is 0 Å². The fourth-order valence-corrected chi connectivity index (χ4v) is 4.93. The van der Waals surface area contributed by atoms with Crippen molar-refractivity contribution < 1.29 is 13.9 Å². The number of alkyl halides is 1. The van der Waals surface area contributed by atoms with Crippen LogP contribution in [-0.4, -0.2) is 59.3 Å². The maximum atomic E-state index is 13.4. The summed E-state index contributed by atoms with van der Waals surface area (Å²) in [6, 6.07) is 15.4. The highest BCUT2D eigenvalue weighted by Crippen LogP contribution is 2.34. The van der Waals surface area contributed by atoms with E-state index >= 15 is 0 Å². The molecule has 202 valence electrons. The van der Waals surface area contributed by atoms with Crippen molar-refractivity contribution in [2.24, 2.45) is 0 Å². The van der Waals surface area contributed by atoms with Crippen molar-refractivity contribution in [3.05, 3.63) is 87.8 Å². The number of H-pyrrole nitrogens is 1. The molecule has 3 aromatic heterocycles. The number of tetrazole rings is 1. The van der Waals surface area contributed by atoms with Crippen LogP contribution < -0.4 is 10.9 Å². The second-order valence-corrected chi connectivity index (χ2v) is 9.42. The Morgan fingerprint density at radius 2 is 2.00 bits per heavy atom. The van der Waals surface area contributed by atoms with Gasteiger partial charge in [-0.15, -0.1) is 5.10 Å². The van der Waals surface area contributed by atoms with E-state index in [1.807, 2.05) is 6.07 Å². The summed E-state index contributed by atoms with van der Waals surface area (Å²) in [5, 5.41) is 21.8. The van der Waals surface area contributed by atoms with Crippen LogP contribution >= 0.6 is 11.6 Å². The number of halogens is 2. The topological polar surface area (TPSA) is 145 Å². The zero-order valence-electron chi connectivity index (χ0n) is 20.8. The van der Waals surface area contributed by atoms with Gasteiger partial charge in [-0.2, -0.15) is 9.78 Å². The zero-order chi connectivity index (χ0) is 27.6. The molecule has 0 unspecified atom stereocenters. The number of amides is 1. The van der Waals surface area contributed by atoms with Gasteiger partial charge in [-0.3, -0.25) is 15.2 Å². The lowest BCUT2D eigenvalue weighted by atomic mass is 10.0. The molecule has 12 nitrogen and oxygen atoms in total. The van der Waals surface area contributed by atoms with Crippen LogP contribution in [-0.2, 0) is 11.2 Å². The van der Waals surface area contributed by atoms with E-state index in [1.54, 1.807) is 53.1 Å². The number of aryl methyl sites for hydroxylation is 1. The molecule has 1 amide bonds. The Labute approximate surface area is 230 Å². The van der Waals surface area contributed by atoms with Crippen LogP contribution in [0.25, 0.3) is 28.2 Å². The quantitative estimate of drug-likeness (QED) is 0.303. The molecule has 0 saturated carbocycles. The van der Waals surface area contributed by atoms with Crippen molar-refractivity contribution in [3.8, 4) is 28.2 Å². The molecule has 0 spiro atoms. The van der Waals surface area contributed by atoms with E-state index in [9.17, 15) is 14.0 Å². The maximum absolute atomic E-state index is 13.4. The summed E-state index contributed by atoms with van der Waals surface area (Å²) in [5.41, 5.74) is 4.03. The van der Waals surface area contributed by atoms with E-state index in [0.717, 1.165) is 11.3 Å². The molecule has 5 aromatic rings. The Kier molecular flexibility index (Phi) is 6.78. The Hall–Kier alpha value is -4.91. The number of nitrogens with zero attached hydrogens (tertiary/aromatic N) is 7. The summed E-state index contributed by atoms with van der Waals surface area (Å²) >= 11 is 6.29. The van der Waals surface area contributed by atoms with Crippen LogP contribution in [0.15, 0.2) is 65.7 Å². The normalized spacial score (nSPS) is 14.2. The van der Waals surface area contributed by atoms with Gasteiger partial charge in [0.1, 0.15) is 25.4 Å². The van der Waals surface area contributed by atoms with Crippen LogP contribution in [0.5, 0.6) is 0 Å². The van der Waals surface area contributed by atoms with E-state index in [2.05, 4.69) is 40.8 Å². The molecule has 0 bridgehead atoms. The monoisotopic (exact) mass is 561 g/mol. The van der Waals surface area contributed by atoms with Crippen LogP contribution in [0, 0.1) is 0 Å². The maximum Gasteiger partial charge on any atom is 0.411 e. The molecule has 6 rings (SSSR count).